The van der Waals surface area contributed by atoms with E-state index in [-0.39, 0.29) is 0 Å². The fraction of sp³-hybridized carbons (Fsp3) is 0.429. The molecule has 2 rings (SSSR count). The van der Waals surface area contributed by atoms with E-state index in [9.17, 15) is 0 Å². The van der Waals surface area contributed by atoms with Gasteiger partial charge in [0.05, 0.1) is 0 Å². The number of hydrogen-bond donors (Lipinski definition) is 2. The van der Waals surface area contributed by atoms with Crippen molar-refractivity contribution in [3.8, 4) is 0 Å². The summed E-state index contributed by atoms with van der Waals surface area (Å²) in [5.41, 5.74) is 2.59. The molecule has 0 aliphatic carbocycles. The van der Waals surface area contributed by atoms with Crippen LogP contribution in [-0.2, 0) is 6.54 Å². The summed E-state index contributed by atoms with van der Waals surface area (Å²) in [6.45, 7) is 5.40. The van der Waals surface area contributed by atoms with Gasteiger partial charge in [0, 0.05) is 35.4 Å². The van der Waals surface area contributed by atoms with Crippen molar-refractivity contribution in [2.75, 3.05) is 11.5 Å². The molecule has 0 fully saturated rings. The van der Waals surface area contributed by atoms with Gasteiger partial charge in [0.15, 0.2) is 0 Å². The van der Waals surface area contributed by atoms with Crippen molar-refractivity contribution in [1.82, 2.24) is 10.3 Å². The highest BCUT2D eigenvalue weighted by Crippen LogP contribution is 2.17. The van der Waals surface area contributed by atoms with Crippen LogP contribution in [0.1, 0.15) is 19.4 Å². The van der Waals surface area contributed by atoms with Gasteiger partial charge in [0.25, 0.3) is 0 Å². The summed E-state index contributed by atoms with van der Waals surface area (Å²) in [6.07, 6.45) is 2.00. The van der Waals surface area contributed by atoms with Crippen LogP contribution in [0.2, 0.25) is 0 Å². The van der Waals surface area contributed by atoms with Gasteiger partial charge < -0.3 is 10.3 Å². The molecule has 1 aromatic heterocycles. The number of aromatic nitrogens is 1. The Kier molecular flexibility index (Phi) is 4.51. The predicted octanol–water partition coefficient (Wildman–Crippen LogP) is 3.40. The lowest BCUT2D eigenvalue weighted by molar-refractivity contribution is 0.598. The molecule has 0 radical (unpaired) electrons. The second-order valence-corrected chi connectivity index (χ2v) is 5.62. The molecule has 0 aliphatic rings. The number of H-pyrrole nitrogens is 1. The van der Waals surface area contributed by atoms with Crippen LogP contribution in [0.4, 0.5) is 0 Å². The number of benzene rings is 1. The summed E-state index contributed by atoms with van der Waals surface area (Å²) in [5, 5.41) is 4.91. The summed E-state index contributed by atoms with van der Waals surface area (Å²) < 4.78 is 0. The highest BCUT2D eigenvalue weighted by molar-refractivity contribution is 7.99. The Labute approximate surface area is 107 Å². The quantitative estimate of drug-likeness (QED) is 0.820. The van der Waals surface area contributed by atoms with Crippen LogP contribution in [0.15, 0.2) is 30.5 Å². The molecule has 2 aromatic rings. The molecule has 3 heteroatoms. The number of nitrogens with one attached hydrogen (secondary N) is 2. The molecule has 2 nitrogen and oxygen atoms in total. The van der Waals surface area contributed by atoms with Crippen LogP contribution in [0.5, 0.6) is 0 Å². The largest absolute Gasteiger partial charge is 0.361 e. The lowest BCUT2D eigenvalue weighted by atomic mass is 10.1. The summed E-state index contributed by atoms with van der Waals surface area (Å²) in [5.74, 6) is 2.37. The van der Waals surface area contributed by atoms with E-state index in [0.717, 1.165) is 6.54 Å². The lowest BCUT2D eigenvalue weighted by Gasteiger charge is -2.13. The van der Waals surface area contributed by atoms with E-state index in [1.807, 2.05) is 18.0 Å². The lowest BCUT2D eigenvalue weighted by Crippen LogP contribution is -2.27. The average Bonchev–Trinajstić information content (AvgIpc) is 2.82. The first-order valence-corrected chi connectivity index (χ1v) is 7.33. The molecule has 92 valence electrons. The van der Waals surface area contributed by atoms with Crippen molar-refractivity contribution < 1.29 is 0 Å². The Hall–Kier alpha value is -0.930. The first-order chi connectivity index (χ1) is 8.31. The van der Waals surface area contributed by atoms with Crippen molar-refractivity contribution in [1.29, 1.82) is 0 Å². The molecule has 1 heterocycles. The van der Waals surface area contributed by atoms with Crippen LogP contribution < -0.4 is 5.32 Å². The van der Waals surface area contributed by atoms with Crippen LogP contribution in [-0.4, -0.2) is 22.5 Å². The molecular formula is C14H20N2S. The monoisotopic (exact) mass is 248 g/mol. The smallest absolute Gasteiger partial charge is 0.0457 e. The van der Waals surface area contributed by atoms with E-state index in [1.165, 1.54) is 28.0 Å². The minimum absolute atomic E-state index is 0.564. The minimum Gasteiger partial charge on any atom is -0.361 e. The van der Waals surface area contributed by atoms with Gasteiger partial charge in [-0.15, -0.1) is 0 Å². The van der Waals surface area contributed by atoms with Crippen molar-refractivity contribution in [2.45, 2.75) is 26.4 Å². The Morgan fingerprint density at radius 3 is 3.06 bits per heavy atom. The van der Waals surface area contributed by atoms with Gasteiger partial charge in [-0.2, -0.15) is 11.8 Å². The van der Waals surface area contributed by atoms with Gasteiger partial charge in [-0.05, 0) is 30.4 Å². The van der Waals surface area contributed by atoms with Crippen LogP contribution in [0, 0.1) is 0 Å². The van der Waals surface area contributed by atoms with E-state index >= 15 is 0 Å². The van der Waals surface area contributed by atoms with E-state index in [2.05, 4.69) is 48.4 Å². The standard InChI is InChI=1S/C14H20N2S/c1-3-17-10-11(2)16-9-12-5-4-6-14-13(12)7-8-15-14/h4-8,11,15-16H,3,9-10H2,1-2H3. The maximum atomic E-state index is 3.58. The highest BCUT2D eigenvalue weighted by Gasteiger charge is 2.04. The van der Waals surface area contributed by atoms with E-state index in [0.29, 0.717) is 6.04 Å². The topological polar surface area (TPSA) is 27.8 Å². The van der Waals surface area contributed by atoms with E-state index in [1.54, 1.807) is 0 Å². The molecule has 0 saturated heterocycles. The Bertz CT molecular complexity index is 464. The number of aromatic amines is 1. The molecule has 17 heavy (non-hydrogen) atoms. The molecular weight excluding hydrogens is 228 g/mol. The van der Waals surface area contributed by atoms with Crippen LogP contribution in [0.3, 0.4) is 0 Å². The molecule has 0 spiro atoms. The molecule has 0 amide bonds. The first-order valence-electron chi connectivity index (χ1n) is 6.17. The molecule has 1 unspecified atom stereocenters. The summed E-state index contributed by atoms with van der Waals surface area (Å²) in [6, 6.07) is 9.14. The predicted molar refractivity (Wildman–Crippen MR) is 77.6 cm³/mol. The molecule has 1 atom stereocenters. The molecule has 1 aromatic carbocycles. The van der Waals surface area contributed by atoms with Crippen molar-refractivity contribution in [3.63, 3.8) is 0 Å². The SMILES string of the molecule is CCSCC(C)NCc1cccc2[nH]ccc12. The second kappa shape index (κ2) is 6.12. The summed E-state index contributed by atoms with van der Waals surface area (Å²) >= 11 is 1.99. The third-order valence-corrected chi connectivity index (χ3v) is 4.04. The maximum Gasteiger partial charge on any atom is 0.0457 e. The van der Waals surface area contributed by atoms with Gasteiger partial charge in [-0.1, -0.05) is 19.1 Å². The zero-order chi connectivity index (χ0) is 12.1. The van der Waals surface area contributed by atoms with E-state index in [4.69, 9.17) is 0 Å². The highest BCUT2D eigenvalue weighted by atomic mass is 32.2. The van der Waals surface area contributed by atoms with Crippen LogP contribution >= 0.6 is 11.8 Å². The molecule has 0 aliphatic heterocycles. The van der Waals surface area contributed by atoms with Crippen molar-refractivity contribution in [2.24, 2.45) is 0 Å². The molecule has 0 saturated carbocycles. The van der Waals surface area contributed by atoms with Crippen molar-refractivity contribution >= 4 is 22.7 Å². The van der Waals surface area contributed by atoms with Gasteiger partial charge in [-0.3, -0.25) is 0 Å². The first kappa shape index (κ1) is 12.5. The second-order valence-electron chi connectivity index (χ2n) is 4.30. The number of thioether (sulfide) groups is 1. The normalized spacial score (nSPS) is 13.1. The zero-order valence-electron chi connectivity index (χ0n) is 10.5. The third-order valence-electron chi connectivity index (χ3n) is 2.90. The zero-order valence-corrected chi connectivity index (χ0v) is 11.3. The number of hydrogen-bond acceptors (Lipinski definition) is 2. The van der Waals surface area contributed by atoms with Crippen molar-refractivity contribution in [3.05, 3.63) is 36.0 Å². The number of rotatable bonds is 6. The summed E-state index contributed by atoms with van der Waals surface area (Å²) in [4.78, 5) is 3.25. The Morgan fingerprint density at radius 2 is 2.24 bits per heavy atom. The molecule has 2 N–H and O–H groups in total. The summed E-state index contributed by atoms with van der Waals surface area (Å²) in [7, 11) is 0. The van der Waals surface area contributed by atoms with Gasteiger partial charge in [0.2, 0.25) is 0 Å². The third kappa shape index (κ3) is 3.27. The fourth-order valence-electron chi connectivity index (χ4n) is 1.94. The minimum atomic E-state index is 0.564. The maximum absolute atomic E-state index is 3.58. The van der Waals surface area contributed by atoms with Gasteiger partial charge in [-0.25, -0.2) is 0 Å². The Morgan fingerprint density at radius 1 is 1.35 bits per heavy atom. The van der Waals surface area contributed by atoms with E-state index < -0.39 is 0 Å². The Balaban J connectivity index is 1.96. The van der Waals surface area contributed by atoms with Crippen LogP contribution in [0.25, 0.3) is 10.9 Å². The van der Waals surface area contributed by atoms with Gasteiger partial charge >= 0.3 is 0 Å². The van der Waals surface area contributed by atoms with Gasteiger partial charge in [0.1, 0.15) is 0 Å². The fourth-order valence-corrected chi connectivity index (χ4v) is 2.65. The average molecular weight is 248 g/mol. The number of fused-ring (bicyclic) bond motifs is 1. The molecule has 0 bridgehead atoms.